The molecule has 1 aliphatic rings. The maximum atomic E-state index is 12.4. The fourth-order valence-electron chi connectivity index (χ4n) is 3.99. The molecule has 0 aliphatic carbocycles. The van der Waals surface area contributed by atoms with Crippen molar-refractivity contribution in [3.8, 4) is 0 Å². The molecule has 1 saturated heterocycles. The van der Waals surface area contributed by atoms with Crippen molar-refractivity contribution < 1.29 is 0 Å². The number of nitrogens with zero attached hydrogens (tertiary/aromatic N) is 2. The van der Waals surface area contributed by atoms with Crippen LogP contribution in [0.1, 0.15) is 24.9 Å². The van der Waals surface area contributed by atoms with Crippen LogP contribution in [0.15, 0.2) is 59.4 Å². The van der Waals surface area contributed by atoms with Gasteiger partial charge in [-0.05, 0) is 30.0 Å². The Bertz CT molecular complexity index is 881. The molecule has 1 N–H and O–H groups in total. The average molecular weight is 321 g/mol. The van der Waals surface area contributed by atoms with Crippen molar-refractivity contribution in [1.82, 2.24) is 14.5 Å². The second-order valence-electron chi connectivity index (χ2n) is 6.87. The van der Waals surface area contributed by atoms with Crippen LogP contribution in [0.5, 0.6) is 0 Å². The lowest BCUT2D eigenvalue weighted by Crippen LogP contribution is -2.41. The standard InChI is InChI=1S/C20H23N3O/c1-15-13-22(14-16-7-3-2-4-8-16)12-11-18(15)23-19-10-6-5-9-17(19)21-20(23)24/h2-10,15,18H,11-14H2,1H3,(H,21,24)/t15-,18+/m0/s1. The molecule has 1 aromatic heterocycles. The van der Waals surface area contributed by atoms with Crippen LogP contribution in [0.4, 0.5) is 0 Å². The van der Waals surface area contributed by atoms with Crippen molar-refractivity contribution in [3.63, 3.8) is 0 Å². The number of H-pyrrole nitrogens is 1. The Kier molecular flexibility index (Phi) is 3.98. The van der Waals surface area contributed by atoms with Crippen LogP contribution in [-0.2, 0) is 6.54 Å². The van der Waals surface area contributed by atoms with Crippen molar-refractivity contribution in [1.29, 1.82) is 0 Å². The number of imidazole rings is 1. The number of benzene rings is 2. The fourth-order valence-corrected chi connectivity index (χ4v) is 3.99. The molecule has 0 radical (unpaired) electrons. The van der Waals surface area contributed by atoms with E-state index in [0.717, 1.165) is 37.1 Å². The molecule has 4 nitrogen and oxygen atoms in total. The smallest absolute Gasteiger partial charge is 0.306 e. The summed E-state index contributed by atoms with van der Waals surface area (Å²) >= 11 is 0. The van der Waals surface area contributed by atoms with Crippen LogP contribution < -0.4 is 5.69 Å². The summed E-state index contributed by atoms with van der Waals surface area (Å²) in [4.78, 5) is 17.9. The molecule has 0 amide bonds. The molecule has 0 saturated carbocycles. The van der Waals surface area contributed by atoms with Gasteiger partial charge in [0.25, 0.3) is 0 Å². The third kappa shape index (κ3) is 2.78. The number of para-hydroxylation sites is 2. The second-order valence-corrected chi connectivity index (χ2v) is 6.87. The van der Waals surface area contributed by atoms with Crippen molar-refractivity contribution in [2.75, 3.05) is 13.1 Å². The number of hydrogen-bond acceptors (Lipinski definition) is 2. The van der Waals surface area contributed by atoms with Gasteiger partial charge in [-0.3, -0.25) is 9.47 Å². The molecule has 2 atom stereocenters. The number of likely N-dealkylation sites (tertiary alicyclic amines) is 1. The second kappa shape index (κ2) is 6.29. The zero-order valence-electron chi connectivity index (χ0n) is 14.0. The minimum absolute atomic E-state index is 0.0181. The quantitative estimate of drug-likeness (QED) is 0.803. The maximum Gasteiger partial charge on any atom is 0.326 e. The molecule has 1 aliphatic heterocycles. The van der Waals surface area contributed by atoms with Gasteiger partial charge in [0.2, 0.25) is 0 Å². The summed E-state index contributed by atoms with van der Waals surface area (Å²) in [5, 5.41) is 0. The predicted octanol–water partition coefficient (Wildman–Crippen LogP) is 3.41. The molecular weight excluding hydrogens is 298 g/mol. The monoisotopic (exact) mass is 321 g/mol. The Labute approximate surface area is 141 Å². The van der Waals surface area contributed by atoms with Gasteiger partial charge in [-0.1, -0.05) is 49.4 Å². The molecular formula is C20H23N3O. The average Bonchev–Trinajstić information content (AvgIpc) is 2.92. The van der Waals surface area contributed by atoms with Gasteiger partial charge in [-0.25, -0.2) is 4.79 Å². The molecule has 4 heteroatoms. The first-order chi connectivity index (χ1) is 11.7. The zero-order valence-corrected chi connectivity index (χ0v) is 14.0. The number of aromatic nitrogens is 2. The van der Waals surface area contributed by atoms with Gasteiger partial charge in [0.05, 0.1) is 11.0 Å². The minimum atomic E-state index is 0.0181. The van der Waals surface area contributed by atoms with Crippen LogP contribution in [-0.4, -0.2) is 27.5 Å². The summed E-state index contributed by atoms with van der Waals surface area (Å²) in [5.41, 5.74) is 3.33. The Balaban J connectivity index is 1.54. The van der Waals surface area contributed by atoms with Gasteiger partial charge in [0.15, 0.2) is 0 Å². The molecule has 0 spiro atoms. The third-order valence-corrected chi connectivity index (χ3v) is 5.15. The summed E-state index contributed by atoms with van der Waals surface area (Å²) in [7, 11) is 0. The molecule has 1 fully saturated rings. The van der Waals surface area contributed by atoms with Gasteiger partial charge in [-0.2, -0.15) is 0 Å². The molecule has 3 aromatic rings. The van der Waals surface area contributed by atoms with E-state index >= 15 is 0 Å². The van der Waals surface area contributed by atoms with Crippen molar-refractivity contribution in [2.45, 2.75) is 25.9 Å². The van der Waals surface area contributed by atoms with E-state index in [-0.39, 0.29) is 11.7 Å². The Hall–Kier alpha value is -2.33. The van der Waals surface area contributed by atoms with E-state index in [2.05, 4.69) is 47.1 Å². The summed E-state index contributed by atoms with van der Waals surface area (Å²) in [5.74, 6) is 0.444. The molecule has 2 aromatic carbocycles. The van der Waals surface area contributed by atoms with E-state index in [1.165, 1.54) is 5.56 Å². The lowest BCUT2D eigenvalue weighted by atomic mass is 9.93. The molecule has 4 rings (SSSR count). The van der Waals surface area contributed by atoms with Crippen molar-refractivity contribution in [3.05, 3.63) is 70.6 Å². The molecule has 124 valence electrons. The number of piperidine rings is 1. The summed E-state index contributed by atoms with van der Waals surface area (Å²) in [6.07, 6.45) is 1.01. The number of fused-ring (bicyclic) bond motifs is 1. The van der Waals surface area contributed by atoms with E-state index in [0.29, 0.717) is 5.92 Å². The predicted molar refractivity (Wildman–Crippen MR) is 97.1 cm³/mol. The number of aromatic amines is 1. The zero-order chi connectivity index (χ0) is 16.5. The van der Waals surface area contributed by atoms with Gasteiger partial charge in [-0.15, -0.1) is 0 Å². The normalized spacial score (nSPS) is 22.0. The summed E-state index contributed by atoms with van der Waals surface area (Å²) in [6, 6.07) is 18.9. The first-order valence-corrected chi connectivity index (χ1v) is 8.68. The van der Waals surface area contributed by atoms with E-state index in [9.17, 15) is 4.79 Å². The van der Waals surface area contributed by atoms with Crippen LogP contribution in [0, 0.1) is 5.92 Å². The van der Waals surface area contributed by atoms with Gasteiger partial charge >= 0.3 is 5.69 Å². The van der Waals surface area contributed by atoms with E-state index < -0.39 is 0 Å². The number of rotatable bonds is 3. The first-order valence-electron chi connectivity index (χ1n) is 8.68. The maximum absolute atomic E-state index is 12.4. The van der Waals surface area contributed by atoms with E-state index in [4.69, 9.17) is 0 Å². The number of hydrogen-bond donors (Lipinski definition) is 1. The first kappa shape index (κ1) is 15.2. The third-order valence-electron chi connectivity index (χ3n) is 5.15. The SMILES string of the molecule is C[C@H]1CN(Cc2ccccc2)CC[C@H]1n1c(=O)[nH]c2ccccc21. The highest BCUT2D eigenvalue weighted by atomic mass is 16.1. The van der Waals surface area contributed by atoms with Crippen LogP contribution in [0.25, 0.3) is 11.0 Å². The van der Waals surface area contributed by atoms with Gasteiger partial charge < -0.3 is 4.98 Å². The van der Waals surface area contributed by atoms with Crippen molar-refractivity contribution >= 4 is 11.0 Å². The largest absolute Gasteiger partial charge is 0.326 e. The topological polar surface area (TPSA) is 41.0 Å². The van der Waals surface area contributed by atoms with Crippen molar-refractivity contribution in [2.24, 2.45) is 5.92 Å². The minimum Gasteiger partial charge on any atom is -0.306 e. The van der Waals surface area contributed by atoms with Gasteiger partial charge in [0, 0.05) is 25.7 Å². The molecule has 2 heterocycles. The number of nitrogens with one attached hydrogen (secondary N) is 1. The highest BCUT2D eigenvalue weighted by molar-refractivity contribution is 5.75. The van der Waals surface area contributed by atoms with E-state index in [1.807, 2.05) is 28.8 Å². The highest BCUT2D eigenvalue weighted by Gasteiger charge is 2.29. The van der Waals surface area contributed by atoms with Crippen LogP contribution in [0.3, 0.4) is 0 Å². The van der Waals surface area contributed by atoms with Crippen LogP contribution in [0.2, 0.25) is 0 Å². The molecule has 0 unspecified atom stereocenters. The Morgan fingerprint density at radius 3 is 2.62 bits per heavy atom. The molecule has 0 bridgehead atoms. The fraction of sp³-hybridized carbons (Fsp3) is 0.350. The van der Waals surface area contributed by atoms with Crippen LogP contribution >= 0.6 is 0 Å². The van der Waals surface area contributed by atoms with E-state index in [1.54, 1.807) is 0 Å². The Morgan fingerprint density at radius 1 is 1.08 bits per heavy atom. The summed E-state index contributed by atoms with van der Waals surface area (Å²) in [6.45, 7) is 5.29. The lowest BCUT2D eigenvalue weighted by molar-refractivity contribution is 0.127. The summed E-state index contributed by atoms with van der Waals surface area (Å²) < 4.78 is 1.97. The Morgan fingerprint density at radius 2 is 1.83 bits per heavy atom. The molecule has 24 heavy (non-hydrogen) atoms. The highest BCUT2D eigenvalue weighted by Crippen LogP contribution is 2.30. The van der Waals surface area contributed by atoms with Gasteiger partial charge in [0.1, 0.15) is 0 Å². The lowest BCUT2D eigenvalue weighted by Gasteiger charge is -2.37.